The highest BCUT2D eigenvalue weighted by molar-refractivity contribution is 6.20. The third-order valence-electron chi connectivity index (χ3n) is 10.7. The topological polar surface area (TPSA) is 109 Å². The Kier molecular flexibility index (Phi) is 7.84. The van der Waals surface area contributed by atoms with Gasteiger partial charge in [0, 0.05) is 78.4 Å². The molecule has 2 aromatic carbocycles. The number of H-pyrrole nitrogens is 1. The minimum atomic E-state index is -0.419. The van der Waals surface area contributed by atoms with Gasteiger partial charge >= 0.3 is 0 Å². The maximum Gasteiger partial charge on any atom is 0.222 e. The zero-order valence-electron chi connectivity index (χ0n) is 26.9. The van der Waals surface area contributed by atoms with Gasteiger partial charge < -0.3 is 25.4 Å². The van der Waals surface area contributed by atoms with Crippen LogP contribution in [0.25, 0.3) is 10.9 Å². The fourth-order valence-corrected chi connectivity index (χ4v) is 7.42. The fourth-order valence-electron chi connectivity index (χ4n) is 7.42. The van der Waals surface area contributed by atoms with Gasteiger partial charge in [-0.25, -0.2) is 0 Å². The van der Waals surface area contributed by atoms with Gasteiger partial charge in [-0.3, -0.25) is 9.59 Å². The predicted molar refractivity (Wildman–Crippen MR) is 175 cm³/mol. The summed E-state index contributed by atoms with van der Waals surface area (Å²) < 4.78 is 0. The van der Waals surface area contributed by atoms with Crippen molar-refractivity contribution < 1.29 is 9.59 Å². The SMILES string of the molecule is CCc1cc2c(cc1N1CCN(C(=O)CCCN3CCC(C)(C)C(N)C3)CC1)C(C)(C)c1[nH]c3cc(C#N)ccc3c1C2=O. The molecule has 232 valence electrons. The highest BCUT2D eigenvalue weighted by atomic mass is 16.2. The van der Waals surface area contributed by atoms with Crippen molar-refractivity contribution in [2.75, 3.05) is 50.7 Å². The number of hydrogen-bond donors (Lipinski definition) is 2. The lowest BCUT2D eigenvalue weighted by Gasteiger charge is -2.42. The summed E-state index contributed by atoms with van der Waals surface area (Å²) in [5, 5.41) is 10.3. The van der Waals surface area contributed by atoms with Gasteiger partial charge in [-0.05, 0) is 73.2 Å². The number of piperazine rings is 1. The summed E-state index contributed by atoms with van der Waals surface area (Å²) in [6, 6.07) is 12.2. The van der Waals surface area contributed by atoms with Gasteiger partial charge in [0.15, 0.2) is 5.78 Å². The number of piperidine rings is 1. The minimum Gasteiger partial charge on any atom is -0.368 e. The normalized spacial score (nSPS) is 21.2. The van der Waals surface area contributed by atoms with Crippen molar-refractivity contribution in [2.24, 2.45) is 11.1 Å². The van der Waals surface area contributed by atoms with E-state index in [-0.39, 0.29) is 23.1 Å². The van der Waals surface area contributed by atoms with Gasteiger partial charge in [-0.1, -0.05) is 40.7 Å². The first-order valence-electron chi connectivity index (χ1n) is 16.2. The average Bonchev–Trinajstić information content (AvgIpc) is 3.41. The molecule has 3 N–H and O–H groups in total. The predicted octanol–water partition coefficient (Wildman–Crippen LogP) is 4.96. The maximum atomic E-state index is 14.0. The molecular formula is C36H46N6O2. The van der Waals surface area contributed by atoms with Crippen LogP contribution in [-0.2, 0) is 16.6 Å². The van der Waals surface area contributed by atoms with Gasteiger partial charge in [0.1, 0.15) is 0 Å². The zero-order chi connectivity index (χ0) is 31.4. The Morgan fingerprint density at radius 3 is 2.52 bits per heavy atom. The molecule has 6 rings (SSSR count). The molecule has 2 saturated heterocycles. The van der Waals surface area contributed by atoms with E-state index in [1.165, 1.54) is 0 Å². The lowest BCUT2D eigenvalue weighted by atomic mass is 9.70. The van der Waals surface area contributed by atoms with Crippen LogP contribution in [-0.4, -0.2) is 78.3 Å². The molecule has 0 saturated carbocycles. The smallest absolute Gasteiger partial charge is 0.222 e. The largest absolute Gasteiger partial charge is 0.368 e. The summed E-state index contributed by atoms with van der Waals surface area (Å²) in [4.78, 5) is 37.4. The molecule has 1 amide bonds. The number of nitriles is 1. The number of nitrogens with zero attached hydrogens (tertiary/aromatic N) is 4. The van der Waals surface area contributed by atoms with Crippen LogP contribution in [0.3, 0.4) is 0 Å². The van der Waals surface area contributed by atoms with Gasteiger partial charge in [-0.15, -0.1) is 0 Å². The van der Waals surface area contributed by atoms with E-state index >= 15 is 0 Å². The number of carbonyl (C=O) groups excluding carboxylic acids is 2. The van der Waals surface area contributed by atoms with Crippen molar-refractivity contribution in [1.82, 2.24) is 14.8 Å². The van der Waals surface area contributed by atoms with E-state index in [0.717, 1.165) is 96.5 Å². The highest BCUT2D eigenvalue weighted by Crippen LogP contribution is 2.46. The number of aryl methyl sites for hydroxylation is 1. The third-order valence-corrected chi connectivity index (χ3v) is 10.7. The minimum absolute atomic E-state index is 0.0391. The van der Waals surface area contributed by atoms with Gasteiger partial charge in [0.2, 0.25) is 5.91 Å². The van der Waals surface area contributed by atoms with Gasteiger partial charge in [0.05, 0.1) is 17.2 Å². The average molecular weight is 595 g/mol. The summed E-state index contributed by atoms with van der Waals surface area (Å²) in [7, 11) is 0. The van der Waals surface area contributed by atoms with Crippen molar-refractivity contribution >= 4 is 28.3 Å². The number of amides is 1. The van der Waals surface area contributed by atoms with Crippen LogP contribution in [0.1, 0.15) is 92.2 Å². The molecule has 2 aliphatic heterocycles. The maximum absolute atomic E-state index is 14.0. The zero-order valence-corrected chi connectivity index (χ0v) is 26.9. The van der Waals surface area contributed by atoms with E-state index < -0.39 is 5.41 Å². The molecule has 1 atom stereocenters. The summed E-state index contributed by atoms with van der Waals surface area (Å²) in [5.74, 6) is 0.280. The molecule has 1 aliphatic carbocycles. The number of hydrogen-bond acceptors (Lipinski definition) is 6. The molecule has 3 aliphatic rings. The van der Waals surface area contributed by atoms with Crippen molar-refractivity contribution in [1.29, 1.82) is 5.26 Å². The number of aromatic amines is 1. The monoisotopic (exact) mass is 594 g/mol. The number of likely N-dealkylation sites (tertiary alicyclic amines) is 1. The summed E-state index contributed by atoms with van der Waals surface area (Å²) in [6.07, 6.45) is 3.36. The number of ketones is 1. The summed E-state index contributed by atoms with van der Waals surface area (Å²) in [6.45, 7) is 16.8. The number of anilines is 1. The second-order valence-corrected chi connectivity index (χ2v) is 14.2. The second-order valence-electron chi connectivity index (χ2n) is 14.2. The Morgan fingerprint density at radius 2 is 1.84 bits per heavy atom. The first-order valence-corrected chi connectivity index (χ1v) is 16.2. The Balaban J connectivity index is 1.15. The van der Waals surface area contributed by atoms with Crippen LogP contribution in [0.15, 0.2) is 30.3 Å². The van der Waals surface area contributed by atoms with Crippen LogP contribution in [0.2, 0.25) is 0 Å². The molecule has 3 heterocycles. The number of aromatic nitrogens is 1. The van der Waals surface area contributed by atoms with Crippen LogP contribution in [0.4, 0.5) is 5.69 Å². The Labute approximate surface area is 261 Å². The molecule has 1 aromatic heterocycles. The molecule has 0 radical (unpaired) electrons. The van der Waals surface area contributed by atoms with E-state index in [0.29, 0.717) is 25.1 Å². The number of benzene rings is 2. The third kappa shape index (κ3) is 5.20. The number of nitrogens with one attached hydrogen (secondary N) is 1. The van der Waals surface area contributed by atoms with Crippen LogP contribution in [0.5, 0.6) is 0 Å². The molecule has 0 spiro atoms. The molecule has 44 heavy (non-hydrogen) atoms. The lowest BCUT2D eigenvalue weighted by Crippen LogP contribution is -2.53. The van der Waals surface area contributed by atoms with Crippen LogP contribution in [0, 0.1) is 16.7 Å². The van der Waals surface area contributed by atoms with E-state index in [9.17, 15) is 14.9 Å². The summed E-state index contributed by atoms with van der Waals surface area (Å²) >= 11 is 0. The first-order chi connectivity index (χ1) is 20.9. The van der Waals surface area contributed by atoms with Crippen LogP contribution >= 0.6 is 0 Å². The summed E-state index contributed by atoms with van der Waals surface area (Å²) in [5.41, 5.74) is 13.3. The molecule has 8 nitrogen and oxygen atoms in total. The molecule has 3 aromatic rings. The van der Waals surface area contributed by atoms with E-state index in [4.69, 9.17) is 5.73 Å². The number of rotatable bonds is 6. The second kappa shape index (κ2) is 11.4. The number of carbonyl (C=O) groups is 2. The van der Waals surface area contributed by atoms with Gasteiger partial charge in [-0.2, -0.15) is 5.26 Å². The molecular weight excluding hydrogens is 548 g/mol. The highest BCUT2D eigenvalue weighted by Gasteiger charge is 2.41. The molecule has 0 bridgehead atoms. The van der Waals surface area contributed by atoms with E-state index in [1.54, 1.807) is 6.07 Å². The number of nitrogens with two attached hydrogens (primary N) is 1. The standard InChI is InChI=1S/C36H46N6O2/c1-6-24-19-26-27(36(4,5)34-32(33(26)44)25-10-9-23(21-37)18-28(25)39-34)20-29(24)41-14-16-42(17-15-41)31(43)8-7-12-40-13-11-35(2,3)30(38)22-40/h9-10,18-20,30,39H,6-8,11-17,22,38H2,1-5H3. The van der Waals surface area contributed by atoms with Crippen LogP contribution < -0.4 is 10.6 Å². The van der Waals surface area contributed by atoms with Crippen molar-refractivity contribution in [3.8, 4) is 6.07 Å². The molecule has 8 heteroatoms. The number of fused-ring (bicyclic) bond motifs is 4. The quantitative estimate of drug-likeness (QED) is 0.418. The van der Waals surface area contributed by atoms with Crippen molar-refractivity contribution in [3.05, 3.63) is 63.8 Å². The van der Waals surface area contributed by atoms with Crippen molar-refractivity contribution in [2.45, 2.75) is 71.8 Å². The van der Waals surface area contributed by atoms with E-state index in [2.05, 4.69) is 67.6 Å². The first kappa shape index (κ1) is 30.4. The van der Waals surface area contributed by atoms with E-state index in [1.807, 2.05) is 17.0 Å². The van der Waals surface area contributed by atoms with Gasteiger partial charge in [0.25, 0.3) is 0 Å². The lowest BCUT2D eigenvalue weighted by molar-refractivity contribution is -0.131. The Hall–Kier alpha value is -3.67. The molecule has 1 unspecified atom stereocenters. The fraction of sp³-hybridized carbons (Fsp3) is 0.528. The Bertz CT molecular complexity index is 1650. The Morgan fingerprint density at radius 1 is 1.09 bits per heavy atom. The molecule has 2 fully saturated rings. The van der Waals surface area contributed by atoms with Crippen molar-refractivity contribution in [3.63, 3.8) is 0 Å².